The van der Waals surface area contributed by atoms with E-state index < -0.39 is 0 Å². The van der Waals surface area contributed by atoms with Crippen molar-refractivity contribution >= 4 is 0 Å². The summed E-state index contributed by atoms with van der Waals surface area (Å²) in [6.45, 7) is 6.66. The Balaban J connectivity index is 3.36. The predicted molar refractivity (Wildman–Crippen MR) is 105 cm³/mol. The van der Waals surface area contributed by atoms with Crippen LogP contribution in [0.2, 0.25) is 0 Å². The minimum atomic E-state index is -0.367. The van der Waals surface area contributed by atoms with Gasteiger partial charge in [0.15, 0.2) is 0 Å². The average Bonchev–Trinajstić information content (AvgIpc) is 2.56. The fourth-order valence-electron chi connectivity index (χ4n) is 3.48. The summed E-state index contributed by atoms with van der Waals surface area (Å²) in [6.07, 6.45) is 23.3. The molecule has 1 heteroatoms. The van der Waals surface area contributed by atoms with Crippen LogP contribution in [0.4, 0.5) is 0 Å². The second-order valence-corrected chi connectivity index (χ2v) is 7.67. The lowest BCUT2D eigenvalue weighted by atomic mass is 9.88. The maximum atomic E-state index is 10.6. The van der Waals surface area contributed by atoms with E-state index in [1.165, 1.54) is 96.3 Å². The Hall–Kier alpha value is -0.0400. The molecule has 1 nitrogen and oxygen atoms in total. The van der Waals surface area contributed by atoms with Crippen LogP contribution in [0.15, 0.2) is 0 Å². The van der Waals surface area contributed by atoms with Crippen molar-refractivity contribution in [2.24, 2.45) is 0 Å². The molecule has 0 aromatic rings. The van der Waals surface area contributed by atoms with Crippen molar-refractivity contribution in [2.75, 3.05) is 0 Å². The Morgan fingerprint density at radius 2 is 0.783 bits per heavy atom. The Labute approximate surface area is 147 Å². The van der Waals surface area contributed by atoms with E-state index in [4.69, 9.17) is 0 Å². The van der Waals surface area contributed by atoms with Gasteiger partial charge < -0.3 is 5.11 Å². The molecule has 0 rings (SSSR count). The number of aliphatic hydroxyl groups is 1. The van der Waals surface area contributed by atoms with Crippen LogP contribution >= 0.6 is 0 Å². The first-order valence-corrected chi connectivity index (χ1v) is 10.9. The summed E-state index contributed by atoms with van der Waals surface area (Å²) in [7, 11) is 0. The van der Waals surface area contributed by atoms with Crippen molar-refractivity contribution in [3.8, 4) is 0 Å². The van der Waals surface area contributed by atoms with Crippen molar-refractivity contribution in [3.05, 3.63) is 0 Å². The third-order valence-electron chi connectivity index (χ3n) is 5.40. The van der Waals surface area contributed by atoms with Gasteiger partial charge in [-0.05, 0) is 19.3 Å². The molecule has 0 saturated heterocycles. The number of hydrogen-bond acceptors (Lipinski definition) is 1. The van der Waals surface area contributed by atoms with Crippen LogP contribution in [-0.4, -0.2) is 10.7 Å². The smallest absolute Gasteiger partial charge is 0.0645 e. The molecule has 0 fully saturated rings. The van der Waals surface area contributed by atoms with E-state index in [1.807, 2.05) is 0 Å². The molecular formula is C22H46O. The summed E-state index contributed by atoms with van der Waals surface area (Å²) in [5.41, 5.74) is -0.367. The molecule has 0 bridgehead atoms. The molecule has 0 aliphatic heterocycles. The minimum absolute atomic E-state index is 0.367. The number of hydrogen-bond donors (Lipinski definition) is 1. The minimum Gasteiger partial charge on any atom is -0.390 e. The van der Waals surface area contributed by atoms with E-state index in [0.717, 1.165) is 19.3 Å². The highest BCUT2D eigenvalue weighted by Gasteiger charge is 2.22. The summed E-state index contributed by atoms with van der Waals surface area (Å²) in [5.74, 6) is 0. The number of unbranched alkanes of at least 4 members (excludes halogenated alkanes) is 13. The third kappa shape index (κ3) is 15.2. The van der Waals surface area contributed by atoms with E-state index in [-0.39, 0.29) is 5.60 Å². The van der Waals surface area contributed by atoms with Crippen LogP contribution in [-0.2, 0) is 0 Å². The van der Waals surface area contributed by atoms with E-state index in [1.54, 1.807) is 0 Å². The molecule has 1 atom stereocenters. The highest BCUT2D eigenvalue weighted by Crippen LogP contribution is 2.26. The van der Waals surface area contributed by atoms with Crippen molar-refractivity contribution in [3.63, 3.8) is 0 Å². The summed E-state index contributed by atoms with van der Waals surface area (Å²) in [5, 5.41) is 10.6. The van der Waals surface area contributed by atoms with Crippen LogP contribution in [0.25, 0.3) is 0 Å². The van der Waals surface area contributed by atoms with Crippen LogP contribution in [0.1, 0.15) is 136 Å². The van der Waals surface area contributed by atoms with Crippen LogP contribution in [0.5, 0.6) is 0 Å². The standard InChI is InChI=1S/C22H46O/c1-4-7-9-10-11-12-13-14-15-16-17-19-21-22(23,6-3)20-18-8-5-2/h23H,4-21H2,1-3H3. The lowest BCUT2D eigenvalue weighted by molar-refractivity contribution is 0.0141. The van der Waals surface area contributed by atoms with Gasteiger partial charge >= 0.3 is 0 Å². The zero-order valence-corrected chi connectivity index (χ0v) is 16.7. The van der Waals surface area contributed by atoms with Gasteiger partial charge in [-0.3, -0.25) is 0 Å². The summed E-state index contributed by atoms with van der Waals surface area (Å²) in [4.78, 5) is 0. The zero-order chi connectivity index (χ0) is 17.2. The van der Waals surface area contributed by atoms with Crippen LogP contribution < -0.4 is 0 Å². The molecule has 0 amide bonds. The molecule has 0 aromatic carbocycles. The maximum Gasteiger partial charge on any atom is 0.0645 e. The first-order valence-electron chi connectivity index (χ1n) is 10.9. The normalized spacial score (nSPS) is 14.1. The van der Waals surface area contributed by atoms with Crippen LogP contribution in [0, 0.1) is 0 Å². The largest absolute Gasteiger partial charge is 0.390 e. The van der Waals surface area contributed by atoms with Gasteiger partial charge in [-0.2, -0.15) is 0 Å². The van der Waals surface area contributed by atoms with Gasteiger partial charge in [-0.15, -0.1) is 0 Å². The molecule has 140 valence electrons. The molecule has 0 radical (unpaired) electrons. The molecule has 0 heterocycles. The monoisotopic (exact) mass is 326 g/mol. The molecule has 1 N–H and O–H groups in total. The van der Waals surface area contributed by atoms with Gasteiger partial charge in [0.2, 0.25) is 0 Å². The molecule has 1 unspecified atom stereocenters. The highest BCUT2D eigenvalue weighted by atomic mass is 16.3. The summed E-state index contributed by atoms with van der Waals surface area (Å²) < 4.78 is 0. The Morgan fingerprint density at radius 1 is 0.478 bits per heavy atom. The predicted octanol–water partition coefficient (Wildman–Crippen LogP) is 7.80. The maximum absolute atomic E-state index is 10.6. The van der Waals surface area contributed by atoms with E-state index in [9.17, 15) is 5.11 Å². The second kappa shape index (κ2) is 16.8. The van der Waals surface area contributed by atoms with Gasteiger partial charge in [-0.1, -0.05) is 117 Å². The van der Waals surface area contributed by atoms with Gasteiger partial charge in [-0.25, -0.2) is 0 Å². The Bertz CT molecular complexity index is 226. The number of rotatable bonds is 18. The zero-order valence-electron chi connectivity index (χ0n) is 16.7. The van der Waals surface area contributed by atoms with E-state index >= 15 is 0 Å². The topological polar surface area (TPSA) is 20.2 Å². The first-order chi connectivity index (χ1) is 11.2. The van der Waals surface area contributed by atoms with Crippen molar-refractivity contribution in [2.45, 2.75) is 142 Å². The Morgan fingerprint density at radius 3 is 1.17 bits per heavy atom. The second-order valence-electron chi connectivity index (χ2n) is 7.67. The summed E-state index contributed by atoms with van der Waals surface area (Å²) in [6, 6.07) is 0. The fourth-order valence-corrected chi connectivity index (χ4v) is 3.48. The van der Waals surface area contributed by atoms with Gasteiger partial charge in [0.1, 0.15) is 0 Å². The van der Waals surface area contributed by atoms with Crippen molar-refractivity contribution in [1.29, 1.82) is 0 Å². The molecule has 0 aromatic heterocycles. The lowest BCUT2D eigenvalue weighted by Gasteiger charge is -2.27. The molecule has 0 aliphatic rings. The fraction of sp³-hybridized carbons (Fsp3) is 1.00. The molecule has 0 saturated carbocycles. The van der Waals surface area contributed by atoms with Gasteiger partial charge in [0.05, 0.1) is 5.60 Å². The molecular weight excluding hydrogens is 280 g/mol. The molecule has 0 aliphatic carbocycles. The Kier molecular flexibility index (Phi) is 16.8. The van der Waals surface area contributed by atoms with Crippen LogP contribution in [0.3, 0.4) is 0 Å². The quantitative estimate of drug-likeness (QED) is 0.255. The van der Waals surface area contributed by atoms with E-state index in [2.05, 4.69) is 20.8 Å². The molecule has 0 spiro atoms. The van der Waals surface area contributed by atoms with E-state index in [0.29, 0.717) is 0 Å². The third-order valence-corrected chi connectivity index (χ3v) is 5.40. The summed E-state index contributed by atoms with van der Waals surface area (Å²) >= 11 is 0. The first kappa shape index (κ1) is 23.0. The average molecular weight is 327 g/mol. The van der Waals surface area contributed by atoms with Gasteiger partial charge in [0.25, 0.3) is 0 Å². The van der Waals surface area contributed by atoms with Crippen molar-refractivity contribution in [1.82, 2.24) is 0 Å². The van der Waals surface area contributed by atoms with Gasteiger partial charge in [0, 0.05) is 0 Å². The SMILES string of the molecule is CCCCCCCCCCCCCCC(O)(CC)CCCCC. The molecule has 23 heavy (non-hydrogen) atoms. The lowest BCUT2D eigenvalue weighted by Crippen LogP contribution is -2.27. The highest BCUT2D eigenvalue weighted by molar-refractivity contribution is 4.76. The van der Waals surface area contributed by atoms with Crippen molar-refractivity contribution < 1.29 is 5.11 Å².